The molecule has 0 radical (unpaired) electrons. The number of rotatable bonds is 4. The highest BCUT2D eigenvalue weighted by molar-refractivity contribution is 7.16. The molecule has 0 saturated carbocycles. The Kier molecular flexibility index (Phi) is 3.52. The fraction of sp³-hybridized carbons (Fsp3) is 0.308. The maximum absolute atomic E-state index is 12.0. The van der Waals surface area contributed by atoms with Gasteiger partial charge in [-0.2, -0.15) is 0 Å². The van der Waals surface area contributed by atoms with Crippen molar-refractivity contribution < 1.29 is 4.79 Å². The van der Waals surface area contributed by atoms with E-state index in [4.69, 9.17) is 0 Å². The summed E-state index contributed by atoms with van der Waals surface area (Å²) in [5.41, 5.74) is 0.988. The molecule has 5 nitrogen and oxygen atoms in total. The summed E-state index contributed by atoms with van der Waals surface area (Å²) in [7, 11) is 0. The minimum Gasteiger partial charge on any atom is -0.351 e. The van der Waals surface area contributed by atoms with Crippen molar-refractivity contribution in [3.8, 4) is 10.6 Å². The Morgan fingerprint density at radius 2 is 2.21 bits per heavy atom. The number of thiazole rings is 1. The normalized spacial score (nSPS) is 14.9. The molecule has 3 rings (SSSR count). The van der Waals surface area contributed by atoms with Crippen LogP contribution in [0.15, 0.2) is 30.7 Å². The molecule has 98 valence electrons. The molecule has 1 saturated heterocycles. The zero-order chi connectivity index (χ0) is 13.1. The lowest BCUT2D eigenvalue weighted by molar-refractivity contribution is 0.0946. The van der Waals surface area contributed by atoms with E-state index in [1.54, 1.807) is 18.6 Å². The highest BCUT2D eigenvalue weighted by atomic mass is 32.1. The van der Waals surface area contributed by atoms with Gasteiger partial charge in [-0.15, -0.1) is 11.3 Å². The number of carbonyl (C=O) groups excluding carboxylic acids is 1. The summed E-state index contributed by atoms with van der Waals surface area (Å²) < 4.78 is 0. The third-order valence-electron chi connectivity index (χ3n) is 3.07. The number of hydrogen-bond donors (Lipinski definition) is 2. The van der Waals surface area contributed by atoms with E-state index in [9.17, 15) is 4.79 Å². The van der Waals surface area contributed by atoms with Gasteiger partial charge in [0.25, 0.3) is 5.91 Å². The first-order valence-corrected chi connectivity index (χ1v) is 7.00. The van der Waals surface area contributed by atoms with Crippen molar-refractivity contribution >= 4 is 17.2 Å². The predicted octanol–water partition coefficient (Wildman–Crippen LogP) is 1.15. The molecule has 19 heavy (non-hydrogen) atoms. The zero-order valence-electron chi connectivity index (χ0n) is 10.3. The molecule has 0 aliphatic carbocycles. The van der Waals surface area contributed by atoms with Crippen LogP contribution in [0.4, 0.5) is 0 Å². The fourth-order valence-electron chi connectivity index (χ4n) is 1.82. The Hall–Kier alpha value is -1.79. The lowest BCUT2D eigenvalue weighted by Gasteiger charge is -2.26. The van der Waals surface area contributed by atoms with Crippen LogP contribution in [0, 0.1) is 5.92 Å². The molecule has 1 amide bonds. The van der Waals surface area contributed by atoms with Gasteiger partial charge in [0.2, 0.25) is 0 Å². The Balaban J connectivity index is 1.65. The van der Waals surface area contributed by atoms with Gasteiger partial charge in [-0.25, -0.2) is 4.98 Å². The Morgan fingerprint density at radius 1 is 1.42 bits per heavy atom. The Labute approximate surface area is 115 Å². The number of carbonyl (C=O) groups is 1. The molecule has 0 atom stereocenters. The smallest absolute Gasteiger partial charge is 0.263 e. The van der Waals surface area contributed by atoms with Gasteiger partial charge in [0.05, 0.1) is 6.20 Å². The lowest BCUT2D eigenvalue weighted by Crippen LogP contribution is -2.48. The van der Waals surface area contributed by atoms with Gasteiger partial charge in [0.15, 0.2) is 0 Å². The van der Waals surface area contributed by atoms with Gasteiger partial charge in [0, 0.05) is 43.5 Å². The minimum absolute atomic E-state index is 0.0373. The summed E-state index contributed by atoms with van der Waals surface area (Å²) >= 11 is 1.40. The average molecular weight is 274 g/mol. The van der Waals surface area contributed by atoms with E-state index in [0.29, 0.717) is 10.8 Å². The molecule has 1 aliphatic heterocycles. The zero-order valence-corrected chi connectivity index (χ0v) is 11.1. The maximum Gasteiger partial charge on any atom is 0.263 e. The van der Waals surface area contributed by atoms with Crippen molar-refractivity contribution in [2.45, 2.75) is 0 Å². The largest absolute Gasteiger partial charge is 0.351 e. The second-order valence-corrected chi connectivity index (χ2v) is 5.53. The van der Waals surface area contributed by atoms with Crippen molar-refractivity contribution in [1.82, 2.24) is 20.6 Å². The molecule has 0 spiro atoms. The van der Waals surface area contributed by atoms with E-state index >= 15 is 0 Å². The van der Waals surface area contributed by atoms with Crippen molar-refractivity contribution in [3.63, 3.8) is 0 Å². The number of nitrogens with zero attached hydrogens (tertiary/aromatic N) is 2. The van der Waals surface area contributed by atoms with E-state index in [1.807, 2.05) is 12.1 Å². The van der Waals surface area contributed by atoms with E-state index < -0.39 is 0 Å². The number of amides is 1. The molecule has 3 heterocycles. The van der Waals surface area contributed by atoms with Gasteiger partial charge in [-0.05, 0) is 12.1 Å². The second kappa shape index (κ2) is 5.46. The number of pyridine rings is 1. The Bertz CT molecular complexity index is 565. The van der Waals surface area contributed by atoms with E-state index in [-0.39, 0.29) is 5.91 Å². The lowest BCUT2D eigenvalue weighted by atomic mass is 10.0. The summed E-state index contributed by atoms with van der Waals surface area (Å²) in [5, 5.41) is 6.97. The number of aromatic nitrogens is 2. The van der Waals surface area contributed by atoms with E-state index in [2.05, 4.69) is 20.6 Å². The summed E-state index contributed by atoms with van der Waals surface area (Å²) in [4.78, 5) is 20.9. The van der Waals surface area contributed by atoms with Crippen molar-refractivity contribution in [3.05, 3.63) is 35.6 Å². The molecular formula is C13H14N4OS. The SMILES string of the molecule is O=C(NCC1CNC1)c1cnc(-c2ccncc2)s1. The fourth-order valence-corrected chi connectivity index (χ4v) is 2.66. The van der Waals surface area contributed by atoms with Gasteiger partial charge >= 0.3 is 0 Å². The van der Waals surface area contributed by atoms with Gasteiger partial charge in [-0.3, -0.25) is 9.78 Å². The molecule has 6 heteroatoms. The highest BCUT2D eigenvalue weighted by Crippen LogP contribution is 2.24. The molecule has 2 aromatic heterocycles. The molecule has 2 aromatic rings. The van der Waals surface area contributed by atoms with Crippen LogP contribution in [-0.2, 0) is 0 Å². The molecule has 0 bridgehead atoms. The van der Waals surface area contributed by atoms with Crippen LogP contribution < -0.4 is 10.6 Å². The monoisotopic (exact) mass is 274 g/mol. The molecule has 2 N–H and O–H groups in total. The van der Waals surface area contributed by atoms with Crippen LogP contribution in [-0.4, -0.2) is 35.5 Å². The third-order valence-corrected chi connectivity index (χ3v) is 4.12. The molecule has 1 fully saturated rings. The predicted molar refractivity (Wildman–Crippen MR) is 74.0 cm³/mol. The molecular weight excluding hydrogens is 260 g/mol. The quantitative estimate of drug-likeness (QED) is 0.878. The summed E-state index contributed by atoms with van der Waals surface area (Å²) in [6, 6.07) is 3.78. The Morgan fingerprint density at radius 3 is 2.89 bits per heavy atom. The van der Waals surface area contributed by atoms with Crippen molar-refractivity contribution in [2.24, 2.45) is 5.92 Å². The van der Waals surface area contributed by atoms with Crippen LogP contribution >= 0.6 is 11.3 Å². The minimum atomic E-state index is -0.0373. The topological polar surface area (TPSA) is 66.9 Å². The number of hydrogen-bond acceptors (Lipinski definition) is 5. The molecule has 1 aliphatic rings. The van der Waals surface area contributed by atoms with Gasteiger partial charge in [0.1, 0.15) is 9.88 Å². The summed E-state index contributed by atoms with van der Waals surface area (Å²) in [6.07, 6.45) is 5.08. The second-order valence-electron chi connectivity index (χ2n) is 4.50. The van der Waals surface area contributed by atoms with Crippen LogP contribution in [0.5, 0.6) is 0 Å². The highest BCUT2D eigenvalue weighted by Gasteiger charge is 2.18. The van der Waals surface area contributed by atoms with Crippen LogP contribution in [0.2, 0.25) is 0 Å². The van der Waals surface area contributed by atoms with Crippen molar-refractivity contribution in [1.29, 1.82) is 0 Å². The average Bonchev–Trinajstić information content (AvgIpc) is 2.87. The number of nitrogens with one attached hydrogen (secondary N) is 2. The standard InChI is InChI=1S/C13H14N4OS/c18-12(16-7-9-5-15-6-9)11-8-17-13(19-11)10-1-3-14-4-2-10/h1-4,8-9,15H,5-7H2,(H,16,18). The first-order valence-electron chi connectivity index (χ1n) is 6.18. The summed E-state index contributed by atoms with van der Waals surface area (Å²) in [5.74, 6) is 0.529. The maximum atomic E-state index is 12.0. The van der Waals surface area contributed by atoms with Crippen LogP contribution in [0.1, 0.15) is 9.67 Å². The van der Waals surface area contributed by atoms with Crippen molar-refractivity contribution in [2.75, 3.05) is 19.6 Å². The van der Waals surface area contributed by atoms with Crippen LogP contribution in [0.25, 0.3) is 10.6 Å². The molecule has 0 unspecified atom stereocenters. The van der Waals surface area contributed by atoms with Crippen LogP contribution in [0.3, 0.4) is 0 Å². The van der Waals surface area contributed by atoms with Gasteiger partial charge in [-0.1, -0.05) is 0 Å². The van der Waals surface area contributed by atoms with Gasteiger partial charge < -0.3 is 10.6 Å². The first-order chi connectivity index (χ1) is 9.33. The third kappa shape index (κ3) is 2.80. The summed E-state index contributed by atoms with van der Waals surface area (Å²) in [6.45, 7) is 2.71. The van der Waals surface area contributed by atoms with E-state index in [1.165, 1.54) is 11.3 Å². The molecule has 0 aromatic carbocycles. The van der Waals surface area contributed by atoms with E-state index in [0.717, 1.165) is 30.2 Å². The first kappa shape index (κ1) is 12.3.